The summed E-state index contributed by atoms with van der Waals surface area (Å²) in [6.07, 6.45) is 2.53. The number of hydrogen-bond acceptors (Lipinski definition) is 6. The van der Waals surface area contributed by atoms with Gasteiger partial charge >= 0.3 is 0 Å². The molecule has 0 saturated heterocycles. The van der Waals surface area contributed by atoms with Gasteiger partial charge < -0.3 is 0 Å². The average molecular weight is 366 g/mol. The number of rotatable bonds is 4. The van der Waals surface area contributed by atoms with Gasteiger partial charge in [-0.2, -0.15) is 9.61 Å². The summed E-state index contributed by atoms with van der Waals surface area (Å²) in [6.45, 7) is 1.77. The Kier molecular flexibility index (Phi) is 3.80. The van der Waals surface area contributed by atoms with E-state index in [-0.39, 0.29) is 15.6 Å². The zero-order valence-electron chi connectivity index (χ0n) is 12.8. The summed E-state index contributed by atoms with van der Waals surface area (Å²) in [5, 5.41) is 4.19. The van der Waals surface area contributed by atoms with Gasteiger partial charge in [0, 0.05) is 18.5 Å². The third-order valence-corrected chi connectivity index (χ3v) is 5.78. The van der Waals surface area contributed by atoms with E-state index in [1.54, 1.807) is 13.0 Å². The van der Waals surface area contributed by atoms with Gasteiger partial charge in [0.1, 0.15) is 5.82 Å². The minimum Gasteiger partial charge on any atom is -0.263 e. The maximum atomic E-state index is 12.5. The molecule has 0 unspecified atom stereocenters. The molecule has 126 valence electrons. The van der Waals surface area contributed by atoms with Crippen LogP contribution in [0.15, 0.2) is 52.4 Å². The minimum absolute atomic E-state index is 0.0513. The van der Waals surface area contributed by atoms with Gasteiger partial charge in [-0.05, 0) is 37.3 Å². The number of aryl methyl sites for hydroxylation is 1. The van der Waals surface area contributed by atoms with E-state index in [2.05, 4.69) is 14.8 Å². The summed E-state index contributed by atoms with van der Waals surface area (Å²) in [4.78, 5) is 4.10. The zero-order valence-corrected chi connectivity index (χ0v) is 14.5. The van der Waals surface area contributed by atoms with Crippen molar-refractivity contribution in [1.82, 2.24) is 14.6 Å². The first kappa shape index (κ1) is 16.4. The van der Waals surface area contributed by atoms with E-state index in [9.17, 15) is 16.8 Å². The van der Waals surface area contributed by atoms with Crippen LogP contribution in [0.2, 0.25) is 0 Å². The summed E-state index contributed by atoms with van der Waals surface area (Å²) in [6, 6.07) is 8.20. The number of anilines is 1. The molecule has 0 bridgehead atoms. The predicted molar refractivity (Wildman–Crippen MR) is 88.1 cm³/mol. The Morgan fingerprint density at radius 3 is 2.25 bits per heavy atom. The van der Waals surface area contributed by atoms with E-state index < -0.39 is 19.9 Å². The SMILES string of the molecule is Cc1cc2nccc(NS(=O)(=O)c3ccc(S(C)(=O)=O)cc3)n2n1. The zero-order chi connectivity index (χ0) is 17.5. The second-order valence-electron chi connectivity index (χ2n) is 5.23. The van der Waals surface area contributed by atoms with Crippen LogP contribution in [0.1, 0.15) is 5.69 Å². The minimum atomic E-state index is -3.89. The molecule has 0 fully saturated rings. The molecular formula is C14H14N4O4S2. The first-order valence-electron chi connectivity index (χ1n) is 6.81. The van der Waals surface area contributed by atoms with Crippen molar-refractivity contribution < 1.29 is 16.8 Å². The summed E-state index contributed by atoms with van der Waals surface area (Å²) in [5.74, 6) is 0.236. The highest BCUT2D eigenvalue weighted by Gasteiger charge is 2.17. The van der Waals surface area contributed by atoms with Crippen molar-refractivity contribution in [2.75, 3.05) is 11.0 Å². The first-order chi connectivity index (χ1) is 11.2. The van der Waals surface area contributed by atoms with E-state index in [4.69, 9.17) is 0 Å². The van der Waals surface area contributed by atoms with Gasteiger partial charge in [0.15, 0.2) is 15.5 Å². The smallest absolute Gasteiger partial charge is 0.263 e. The maximum Gasteiger partial charge on any atom is 0.263 e. The van der Waals surface area contributed by atoms with Crippen LogP contribution in [0.5, 0.6) is 0 Å². The average Bonchev–Trinajstić information content (AvgIpc) is 2.88. The molecule has 0 radical (unpaired) electrons. The molecule has 0 aliphatic heterocycles. The van der Waals surface area contributed by atoms with Crippen molar-refractivity contribution in [3.8, 4) is 0 Å². The van der Waals surface area contributed by atoms with Crippen LogP contribution in [-0.2, 0) is 19.9 Å². The van der Waals surface area contributed by atoms with Crippen LogP contribution in [0.4, 0.5) is 5.82 Å². The Hall–Kier alpha value is -2.46. The van der Waals surface area contributed by atoms with E-state index in [0.29, 0.717) is 11.3 Å². The fraction of sp³-hybridized carbons (Fsp3) is 0.143. The second kappa shape index (κ2) is 5.56. The van der Waals surface area contributed by atoms with Gasteiger partial charge in [-0.15, -0.1) is 0 Å². The van der Waals surface area contributed by atoms with Crippen LogP contribution >= 0.6 is 0 Å². The molecule has 24 heavy (non-hydrogen) atoms. The molecule has 3 aromatic rings. The lowest BCUT2D eigenvalue weighted by Gasteiger charge is -2.09. The lowest BCUT2D eigenvalue weighted by Crippen LogP contribution is -2.16. The molecule has 2 aromatic heterocycles. The van der Waals surface area contributed by atoms with Gasteiger partial charge in [0.2, 0.25) is 0 Å². The summed E-state index contributed by atoms with van der Waals surface area (Å²) >= 11 is 0. The molecule has 8 nitrogen and oxygen atoms in total. The van der Waals surface area contributed by atoms with Crippen LogP contribution in [-0.4, -0.2) is 37.7 Å². The lowest BCUT2D eigenvalue weighted by molar-refractivity contribution is 0.597. The molecule has 10 heteroatoms. The molecule has 0 amide bonds. The van der Waals surface area contributed by atoms with Gasteiger partial charge in [-0.1, -0.05) is 0 Å². The van der Waals surface area contributed by atoms with E-state index >= 15 is 0 Å². The predicted octanol–water partition coefficient (Wildman–Crippen LogP) is 1.24. The molecule has 3 rings (SSSR count). The van der Waals surface area contributed by atoms with E-state index in [1.807, 2.05) is 0 Å². The molecular weight excluding hydrogens is 352 g/mol. The normalized spacial score (nSPS) is 12.4. The van der Waals surface area contributed by atoms with Crippen molar-refractivity contribution in [1.29, 1.82) is 0 Å². The largest absolute Gasteiger partial charge is 0.263 e. The van der Waals surface area contributed by atoms with Crippen molar-refractivity contribution in [3.63, 3.8) is 0 Å². The first-order valence-corrected chi connectivity index (χ1v) is 10.2. The number of benzene rings is 1. The lowest BCUT2D eigenvalue weighted by atomic mass is 10.4. The van der Waals surface area contributed by atoms with Crippen LogP contribution in [0.3, 0.4) is 0 Å². The molecule has 1 N–H and O–H groups in total. The van der Waals surface area contributed by atoms with Gasteiger partial charge in [0.25, 0.3) is 10.0 Å². The summed E-state index contributed by atoms with van der Waals surface area (Å²) in [5.41, 5.74) is 1.21. The van der Waals surface area contributed by atoms with Crippen molar-refractivity contribution in [2.45, 2.75) is 16.7 Å². The standard InChI is InChI=1S/C14H14N4O4S2/c1-10-9-14-15-8-7-13(18(14)16-10)17-24(21,22)12-5-3-11(4-6-12)23(2,19)20/h3-9,17H,1-2H3. The molecule has 0 atom stereocenters. The number of nitrogens with zero attached hydrogens (tertiary/aromatic N) is 3. The highest BCUT2D eigenvalue weighted by Crippen LogP contribution is 2.19. The molecule has 0 aliphatic carbocycles. The van der Waals surface area contributed by atoms with Gasteiger partial charge in [0.05, 0.1) is 15.5 Å². The van der Waals surface area contributed by atoms with Crippen molar-refractivity contribution in [2.24, 2.45) is 0 Å². The Bertz CT molecular complexity index is 1120. The highest BCUT2D eigenvalue weighted by molar-refractivity contribution is 7.92. The number of fused-ring (bicyclic) bond motifs is 1. The Morgan fingerprint density at radius 2 is 1.62 bits per heavy atom. The van der Waals surface area contributed by atoms with Gasteiger partial charge in [-0.3, -0.25) is 4.72 Å². The number of aromatic nitrogens is 3. The fourth-order valence-corrected chi connectivity index (χ4v) is 3.82. The van der Waals surface area contributed by atoms with E-state index in [0.717, 1.165) is 6.26 Å². The highest BCUT2D eigenvalue weighted by atomic mass is 32.2. The Labute approximate surface area is 139 Å². The topological polar surface area (TPSA) is 110 Å². The summed E-state index contributed by atoms with van der Waals surface area (Å²) < 4.78 is 51.7. The van der Waals surface area contributed by atoms with Crippen LogP contribution in [0.25, 0.3) is 5.65 Å². The molecule has 0 aliphatic rings. The number of hydrogen-bond donors (Lipinski definition) is 1. The van der Waals surface area contributed by atoms with E-state index in [1.165, 1.54) is 41.0 Å². The maximum absolute atomic E-state index is 12.5. The monoisotopic (exact) mass is 366 g/mol. The third-order valence-electron chi connectivity index (χ3n) is 3.28. The molecule has 2 heterocycles. The Balaban J connectivity index is 1.99. The number of sulfonamides is 1. The quantitative estimate of drug-likeness (QED) is 0.744. The van der Waals surface area contributed by atoms with Crippen LogP contribution in [0, 0.1) is 6.92 Å². The molecule has 0 spiro atoms. The third kappa shape index (κ3) is 3.10. The molecule has 0 saturated carbocycles. The van der Waals surface area contributed by atoms with Gasteiger partial charge in [-0.25, -0.2) is 21.8 Å². The number of nitrogens with one attached hydrogen (secondary N) is 1. The van der Waals surface area contributed by atoms with Crippen molar-refractivity contribution in [3.05, 3.63) is 48.3 Å². The van der Waals surface area contributed by atoms with Crippen molar-refractivity contribution >= 4 is 31.3 Å². The summed E-state index contributed by atoms with van der Waals surface area (Å²) in [7, 11) is -7.28. The Morgan fingerprint density at radius 1 is 1.00 bits per heavy atom. The fourth-order valence-electron chi connectivity index (χ4n) is 2.15. The molecule has 1 aromatic carbocycles. The van der Waals surface area contributed by atoms with Crippen LogP contribution < -0.4 is 4.72 Å². The second-order valence-corrected chi connectivity index (χ2v) is 8.93. The number of sulfone groups is 1.